The number of carbonyl (C=O) groups excluding carboxylic acids is 2. The summed E-state index contributed by atoms with van der Waals surface area (Å²) < 4.78 is 0. The maximum atomic E-state index is 12.6. The second-order valence-electron chi connectivity index (χ2n) is 11.9. The van der Waals surface area contributed by atoms with Gasteiger partial charge in [-0.25, -0.2) is 9.98 Å². The van der Waals surface area contributed by atoms with Crippen LogP contribution in [0.15, 0.2) is 65.9 Å². The molecular formula is C35H43N7O2. The van der Waals surface area contributed by atoms with E-state index in [1.165, 1.54) is 5.56 Å². The van der Waals surface area contributed by atoms with Crippen molar-refractivity contribution in [3.05, 3.63) is 77.9 Å². The molecule has 1 fully saturated rings. The van der Waals surface area contributed by atoms with Crippen molar-refractivity contribution < 1.29 is 9.59 Å². The molecule has 2 heterocycles. The molecule has 9 nitrogen and oxygen atoms in total. The number of hydrogen-bond acceptors (Lipinski definition) is 5. The summed E-state index contributed by atoms with van der Waals surface area (Å²) in [5, 5.41) is 5.80. The molecule has 1 atom stereocenters. The van der Waals surface area contributed by atoms with E-state index in [-0.39, 0.29) is 23.9 Å². The van der Waals surface area contributed by atoms with Crippen LogP contribution in [0, 0.1) is 11.8 Å². The molecule has 44 heavy (non-hydrogen) atoms. The molecule has 0 radical (unpaired) electrons. The first kappa shape index (κ1) is 32.2. The first-order valence-electron chi connectivity index (χ1n) is 15.2. The Morgan fingerprint density at radius 2 is 2.07 bits per heavy atom. The predicted octanol–water partition coefficient (Wildman–Crippen LogP) is 4.50. The number of amides is 2. The lowest BCUT2D eigenvalue weighted by molar-refractivity contribution is -0.132. The summed E-state index contributed by atoms with van der Waals surface area (Å²) in [5.74, 6) is 7.53. The Morgan fingerprint density at radius 1 is 1.23 bits per heavy atom. The van der Waals surface area contributed by atoms with E-state index in [1.54, 1.807) is 23.4 Å². The van der Waals surface area contributed by atoms with Crippen LogP contribution in [0.1, 0.15) is 63.9 Å². The molecule has 0 saturated carbocycles. The van der Waals surface area contributed by atoms with Gasteiger partial charge in [0.2, 0.25) is 12.3 Å². The molecule has 230 valence electrons. The number of rotatable bonds is 11. The number of amidine groups is 1. The van der Waals surface area contributed by atoms with Crippen LogP contribution in [-0.2, 0) is 21.5 Å². The number of imidazole rings is 1. The molecule has 5 N–H and O–H groups in total. The predicted molar refractivity (Wildman–Crippen MR) is 177 cm³/mol. The highest BCUT2D eigenvalue weighted by atomic mass is 16.2. The highest BCUT2D eigenvalue weighted by Gasteiger charge is 2.18. The third-order valence-electron chi connectivity index (χ3n) is 7.53. The number of aliphatic imine (C=N–C) groups is 1. The van der Waals surface area contributed by atoms with E-state index < -0.39 is 0 Å². The van der Waals surface area contributed by atoms with Gasteiger partial charge in [0, 0.05) is 29.9 Å². The minimum Gasteiger partial charge on any atom is -0.386 e. The molecule has 0 spiro atoms. The number of hydrogen-bond donors (Lipinski definition) is 4. The molecular weight excluding hydrogens is 550 g/mol. The number of aromatic amines is 1. The Kier molecular flexibility index (Phi) is 11.1. The number of H-pyrrole nitrogens is 1. The van der Waals surface area contributed by atoms with Gasteiger partial charge in [0.1, 0.15) is 11.7 Å². The fourth-order valence-corrected chi connectivity index (χ4v) is 5.09. The van der Waals surface area contributed by atoms with E-state index in [2.05, 4.69) is 88.5 Å². The summed E-state index contributed by atoms with van der Waals surface area (Å²) in [6, 6.07) is 14.9. The first-order valence-corrected chi connectivity index (χ1v) is 15.2. The summed E-state index contributed by atoms with van der Waals surface area (Å²) in [6.45, 7) is 10.4. The number of carbonyl (C=O) groups is 2. The SMILES string of the molecule is CCCN(Cc1ncc(-c2ccc(C#C/C=C/N=C(N)C3CCCN3)c(-c3cccc(C(C)(C)C)c3)c2)[nH]1)C(=O)CNC=O. The molecule has 3 aromatic rings. The lowest BCUT2D eigenvalue weighted by Crippen LogP contribution is -2.38. The van der Waals surface area contributed by atoms with Crippen molar-refractivity contribution in [3.63, 3.8) is 0 Å². The van der Waals surface area contributed by atoms with Crippen LogP contribution in [-0.4, -0.2) is 58.7 Å². The van der Waals surface area contributed by atoms with Crippen molar-refractivity contribution in [2.75, 3.05) is 19.6 Å². The molecule has 1 aliphatic rings. The summed E-state index contributed by atoms with van der Waals surface area (Å²) in [6.07, 6.45) is 8.61. The highest BCUT2D eigenvalue weighted by molar-refractivity contribution is 5.86. The lowest BCUT2D eigenvalue weighted by Gasteiger charge is -2.20. The minimum atomic E-state index is -0.154. The molecule has 0 aliphatic carbocycles. The van der Waals surface area contributed by atoms with Crippen LogP contribution in [0.25, 0.3) is 22.4 Å². The molecule has 0 bridgehead atoms. The second-order valence-corrected chi connectivity index (χ2v) is 11.9. The molecule has 2 aromatic carbocycles. The smallest absolute Gasteiger partial charge is 0.242 e. The third kappa shape index (κ3) is 8.68. The zero-order chi connectivity index (χ0) is 31.5. The second kappa shape index (κ2) is 15.2. The fourth-order valence-electron chi connectivity index (χ4n) is 5.09. The summed E-state index contributed by atoms with van der Waals surface area (Å²) in [5.41, 5.74) is 12.1. The molecule has 1 unspecified atom stereocenters. The zero-order valence-electron chi connectivity index (χ0n) is 26.1. The maximum absolute atomic E-state index is 12.6. The Bertz CT molecular complexity index is 1560. The third-order valence-corrected chi connectivity index (χ3v) is 7.53. The Morgan fingerprint density at radius 3 is 2.80 bits per heavy atom. The van der Waals surface area contributed by atoms with Gasteiger partial charge >= 0.3 is 0 Å². The number of nitrogens with one attached hydrogen (secondary N) is 3. The van der Waals surface area contributed by atoms with Crippen LogP contribution < -0.4 is 16.4 Å². The van der Waals surface area contributed by atoms with Gasteiger partial charge in [-0.15, -0.1) is 0 Å². The van der Waals surface area contributed by atoms with Crippen molar-refractivity contribution in [1.29, 1.82) is 0 Å². The zero-order valence-corrected chi connectivity index (χ0v) is 26.1. The molecule has 9 heteroatoms. The summed E-state index contributed by atoms with van der Waals surface area (Å²) in [7, 11) is 0. The number of nitrogens with two attached hydrogens (primary N) is 1. The van der Waals surface area contributed by atoms with Gasteiger partial charge in [-0.3, -0.25) is 9.59 Å². The number of aromatic nitrogens is 2. The van der Waals surface area contributed by atoms with E-state index in [0.717, 1.165) is 53.8 Å². The van der Waals surface area contributed by atoms with Crippen LogP contribution >= 0.6 is 0 Å². The number of nitrogens with zero attached hydrogens (tertiary/aromatic N) is 3. The van der Waals surface area contributed by atoms with Gasteiger partial charge in [0.25, 0.3) is 0 Å². The van der Waals surface area contributed by atoms with E-state index in [0.29, 0.717) is 31.2 Å². The minimum absolute atomic E-state index is 0.00434. The average Bonchev–Trinajstić information content (AvgIpc) is 3.72. The largest absolute Gasteiger partial charge is 0.386 e. The summed E-state index contributed by atoms with van der Waals surface area (Å²) >= 11 is 0. The normalized spacial score (nSPS) is 15.2. The van der Waals surface area contributed by atoms with Gasteiger partial charge in [-0.05, 0) is 60.0 Å². The molecule has 1 aliphatic heterocycles. The molecule has 4 rings (SSSR count). The van der Waals surface area contributed by atoms with Gasteiger partial charge in [-0.2, -0.15) is 0 Å². The standard InChI is InChI=1S/C35H43N7O2/c1-5-18-42(33(44)22-37-24-43)23-32-40-21-31(41-32)27-15-14-25(10-6-7-16-39-34(36)30-13-9-17-38-30)29(20-27)26-11-8-12-28(19-26)35(2,3)4/h7-8,11-12,14-16,19-21,24,30,38H,5,9,13,17-18,22-23H2,1-4H3,(H2,36,39)(H,37,43)(H,40,41)/b16-7+. The van der Waals surface area contributed by atoms with Crippen molar-refractivity contribution >= 4 is 18.2 Å². The Balaban J connectivity index is 1.63. The van der Waals surface area contributed by atoms with E-state index in [9.17, 15) is 9.59 Å². The number of benzene rings is 2. The lowest BCUT2D eigenvalue weighted by atomic mass is 9.85. The topological polar surface area (TPSA) is 128 Å². The average molecular weight is 594 g/mol. The monoisotopic (exact) mass is 593 g/mol. The van der Waals surface area contributed by atoms with Crippen LogP contribution in [0.4, 0.5) is 0 Å². The summed E-state index contributed by atoms with van der Waals surface area (Å²) in [4.78, 5) is 37.2. The molecule has 1 aromatic heterocycles. The van der Waals surface area contributed by atoms with Gasteiger partial charge in [0.05, 0.1) is 31.0 Å². The van der Waals surface area contributed by atoms with Crippen molar-refractivity contribution in [3.8, 4) is 34.2 Å². The fraction of sp³-hybridized carbons (Fsp3) is 0.371. The Hall–Kier alpha value is -4.68. The first-order chi connectivity index (χ1) is 21.2. The van der Waals surface area contributed by atoms with Gasteiger partial charge in [-0.1, -0.05) is 69.9 Å². The highest BCUT2D eigenvalue weighted by Crippen LogP contribution is 2.32. The van der Waals surface area contributed by atoms with E-state index >= 15 is 0 Å². The molecule has 1 saturated heterocycles. The van der Waals surface area contributed by atoms with Crippen molar-refractivity contribution in [2.24, 2.45) is 10.7 Å². The van der Waals surface area contributed by atoms with E-state index in [1.807, 2.05) is 19.1 Å². The Labute approximate surface area is 260 Å². The molecule has 2 amide bonds. The number of allylic oxidation sites excluding steroid dienone is 1. The van der Waals surface area contributed by atoms with Gasteiger partial charge in [0.15, 0.2) is 0 Å². The van der Waals surface area contributed by atoms with Crippen LogP contribution in [0.2, 0.25) is 0 Å². The maximum Gasteiger partial charge on any atom is 0.242 e. The van der Waals surface area contributed by atoms with Crippen molar-refractivity contribution in [2.45, 2.75) is 65.0 Å². The van der Waals surface area contributed by atoms with Gasteiger partial charge < -0.3 is 26.3 Å². The quantitative estimate of drug-likeness (QED) is 0.113. The van der Waals surface area contributed by atoms with Crippen LogP contribution in [0.5, 0.6) is 0 Å². The van der Waals surface area contributed by atoms with E-state index in [4.69, 9.17) is 5.73 Å². The van der Waals surface area contributed by atoms with Crippen molar-refractivity contribution in [1.82, 2.24) is 25.5 Å². The van der Waals surface area contributed by atoms with Crippen LogP contribution in [0.3, 0.4) is 0 Å².